The van der Waals surface area contributed by atoms with Gasteiger partial charge < -0.3 is 4.74 Å². The Morgan fingerprint density at radius 1 is 1.44 bits per heavy atom. The van der Waals surface area contributed by atoms with Crippen molar-refractivity contribution in [2.75, 3.05) is 14.2 Å². The topological polar surface area (TPSA) is 72.5 Å². The Bertz CT molecular complexity index is 512. The molecule has 0 radical (unpaired) electrons. The van der Waals surface area contributed by atoms with Crippen molar-refractivity contribution in [1.82, 2.24) is 4.72 Å². The van der Waals surface area contributed by atoms with E-state index in [0.29, 0.717) is 0 Å². The van der Waals surface area contributed by atoms with Crippen LogP contribution >= 0.6 is 11.6 Å². The molecule has 1 rings (SSSR count). The lowest BCUT2D eigenvalue weighted by molar-refractivity contribution is 0.0596. The predicted octanol–water partition coefficient (Wildman–Crippen LogP) is 1.03. The van der Waals surface area contributed by atoms with Crippen LogP contribution < -0.4 is 4.72 Å². The zero-order valence-electron chi connectivity index (χ0n) is 8.65. The minimum absolute atomic E-state index is 0.0932. The zero-order valence-corrected chi connectivity index (χ0v) is 10.2. The molecule has 88 valence electrons. The molecule has 1 aromatic rings. The fourth-order valence-electron chi connectivity index (χ4n) is 1.12. The van der Waals surface area contributed by atoms with Crippen molar-refractivity contribution in [3.63, 3.8) is 0 Å². The normalized spacial score (nSPS) is 11.2. The van der Waals surface area contributed by atoms with Crippen LogP contribution in [-0.2, 0) is 14.8 Å². The van der Waals surface area contributed by atoms with Crippen LogP contribution in [0.4, 0.5) is 0 Å². The molecule has 0 atom stereocenters. The van der Waals surface area contributed by atoms with Crippen molar-refractivity contribution >= 4 is 27.6 Å². The average Bonchev–Trinajstić information content (AvgIpc) is 2.27. The summed E-state index contributed by atoms with van der Waals surface area (Å²) in [4.78, 5) is 11.2. The largest absolute Gasteiger partial charge is 0.465 e. The van der Waals surface area contributed by atoms with Crippen LogP contribution in [0.2, 0.25) is 5.02 Å². The van der Waals surface area contributed by atoms with Crippen molar-refractivity contribution in [3.05, 3.63) is 28.8 Å². The van der Waals surface area contributed by atoms with Gasteiger partial charge in [0.25, 0.3) is 0 Å². The van der Waals surface area contributed by atoms with Gasteiger partial charge in [-0.1, -0.05) is 11.6 Å². The summed E-state index contributed by atoms with van der Waals surface area (Å²) in [5.41, 5.74) is -0.0932. The molecule has 0 saturated heterocycles. The maximum atomic E-state index is 11.6. The predicted molar refractivity (Wildman–Crippen MR) is 59.0 cm³/mol. The van der Waals surface area contributed by atoms with E-state index in [9.17, 15) is 13.2 Å². The Kier molecular flexibility index (Phi) is 3.90. The molecule has 0 amide bonds. The summed E-state index contributed by atoms with van der Waals surface area (Å²) in [6.45, 7) is 0. The third-order valence-electron chi connectivity index (χ3n) is 1.91. The van der Waals surface area contributed by atoms with Crippen LogP contribution in [0.3, 0.4) is 0 Å². The van der Waals surface area contributed by atoms with Crippen LogP contribution in [0.15, 0.2) is 23.1 Å². The Balaban J connectivity index is 3.46. The van der Waals surface area contributed by atoms with Gasteiger partial charge in [0.15, 0.2) is 0 Å². The van der Waals surface area contributed by atoms with E-state index >= 15 is 0 Å². The quantitative estimate of drug-likeness (QED) is 0.827. The lowest BCUT2D eigenvalue weighted by Crippen LogP contribution is -2.21. The van der Waals surface area contributed by atoms with Gasteiger partial charge >= 0.3 is 5.97 Å². The number of carbonyl (C=O) groups excluding carboxylic acids is 1. The molecule has 5 nitrogen and oxygen atoms in total. The van der Waals surface area contributed by atoms with E-state index in [2.05, 4.69) is 9.46 Å². The van der Waals surface area contributed by atoms with E-state index in [4.69, 9.17) is 11.6 Å². The summed E-state index contributed by atoms with van der Waals surface area (Å²) < 4.78 is 29.8. The highest BCUT2D eigenvalue weighted by molar-refractivity contribution is 7.89. The molecule has 0 aliphatic carbocycles. The highest BCUT2D eigenvalue weighted by Crippen LogP contribution is 2.20. The van der Waals surface area contributed by atoms with Gasteiger partial charge in [-0.15, -0.1) is 0 Å². The van der Waals surface area contributed by atoms with Gasteiger partial charge in [-0.25, -0.2) is 17.9 Å². The lowest BCUT2D eigenvalue weighted by atomic mass is 10.2. The molecule has 0 aliphatic rings. The summed E-state index contributed by atoms with van der Waals surface area (Å²) >= 11 is 5.69. The van der Waals surface area contributed by atoms with Gasteiger partial charge in [0.05, 0.1) is 17.6 Å². The van der Waals surface area contributed by atoms with Crippen molar-refractivity contribution in [2.24, 2.45) is 0 Å². The summed E-state index contributed by atoms with van der Waals surface area (Å²) in [6.07, 6.45) is 0. The zero-order chi connectivity index (χ0) is 12.3. The summed E-state index contributed by atoms with van der Waals surface area (Å²) in [5, 5.41) is 0.260. The number of halogens is 1. The highest BCUT2D eigenvalue weighted by atomic mass is 35.5. The Hall–Kier alpha value is -1.11. The Morgan fingerprint density at radius 3 is 2.56 bits per heavy atom. The Labute approximate surface area is 98.4 Å². The van der Waals surface area contributed by atoms with Crippen LogP contribution in [0.5, 0.6) is 0 Å². The lowest BCUT2D eigenvalue weighted by Gasteiger charge is -2.08. The fourth-order valence-corrected chi connectivity index (χ4v) is 2.19. The number of sulfonamides is 1. The molecule has 16 heavy (non-hydrogen) atoms. The second-order valence-electron chi connectivity index (χ2n) is 2.84. The van der Waals surface area contributed by atoms with E-state index < -0.39 is 16.0 Å². The molecule has 0 saturated carbocycles. The van der Waals surface area contributed by atoms with Gasteiger partial charge in [0, 0.05) is 5.02 Å². The van der Waals surface area contributed by atoms with E-state index in [-0.39, 0.29) is 15.5 Å². The summed E-state index contributed by atoms with van der Waals surface area (Å²) in [5.74, 6) is -0.753. The smallest absolute Gasteiger partial charge is 0.339 e. The minimum atomic E-state index is -3.71. The third-order valence-corrected chi connectivity index (χ3v) is 3.61. The number of methoxy groups -OCH3 is 1. The Morgan fingerprint density at radius 2 is 2.06 bits per heavy atom. The second-order valence-corrected chi connectivity index (χ2v) is 5.13. The summed E-state index contributed by atoms with van der Waals surface area (Å²) in [7, 11) is -1.29. The highest BCUT2D eigenvalue weighted by Gasteiger charge is 2.21. The van der Waals surface area contributed by atoms with Crippen molar-refractivity contribution < 1.29 is 17.9 Å². The number of ether oxygens (including phenoxy) is 1. The van der Waals surface area contributed by atoms with Crippen molar-refractivity contribution in [2.45, 2.75) is 4.90 Å². The second kappa shape index (κ2) is 4.82. The molecule has 7 heteroatoms. The number of rotatable bonds is 3. The van der Waals surface area contributed by atoms with E-state index in [1.165, 1.54) is 32.4 Å². The number of carbonyl (C=O) groups is 1. The SMILES string of the molecule is CNS(=O)(=O)c1ccc(Cl)cc1C(=O)OC. The van der Waals surface area contributed by atoms with Gasteiger partial charge in [-0.2, -0.15) is 0 Å². The molecule has 1 N–H and O–H groups in total. The van der Waals surface area contributed by atoms with Gasteiger partial charge in [0.1, 0.15) is 0 Å². The number of hydrogen-bond donors (Lipinski definition) is 1. The maximum absolute atomic E-state index is 11.6. The standard InChI is InChI=1S/C9H10ClNO4S/c1-11-16(13,14)8-4-3-6(10)5-7(8)9(12)15-2/h3-5,11H,1-2H3. The van der Waals surface area contributed by atoms with E-state index in [1.54, 1.807) is 0 Å². The van der Waals surface area contributed by atoms with E-state index in [0.717, 1.165) is 0 Å². The first kappa shape index (κ1) is 13.0. The summed E-state index contributed by atoms with van der Waals surface area (Å²) in [6, 6.07) is 3.89. The molecule has 1 aromatic carbocycles. The molecular formula is C9H10ClNO4S. The first-order valence-electron chi connectivity index (χ1n) is 4.24. The van der Waals surface area contributed by atoms with Crippen LogP contribution in [0.1, 0.15) is 10.4 Å². The molecule has 0 aliphatic heterocycles. The molecule has 0 heterocycles. The van der Waals surface area contributed by atoms with Crippen LogP contribution in [0.25, 0.3) is 0 Å². The molecule has 0 fully saturated rings. The number of benzene rings is 1. The monoisotopic (exact) mass is 263 g/mol. The van der Waals surface area contributed by atoms with Crippen molar-refractivity contribution in [3.8, 4) is 0 Å². The molecule has 0 unspecified atom stereocenters. The van der Waals surface area contributed by atoms with E-state index in [1.807, 2.05) is 0 Å². The molecule has 0 bridgehead atoms. The van der Waals surface area contributed by atoms with Crippen LogP contribution in [-0.4, -0.2) is 28.5 Å². The fraction of sp³-hybridized carbons (Fsp3) is 0.222. The van der Waals surface area contributed by atoms with Gasteiger partial charge in [-0.05, 0) is 25.2 Å². The number of nitrogens with one attached hydrogen (secondary N) is 1. The minimum Gasteiger partial charge on any atom is -0.465 e. The first-order chi connectivity index (χ1) is 7.42. The average molecular weight is 264 g/mol. The molecule has 0 spiro atoms. The third kappa shape index (κ3) is 2.52. The van der Waals surface area contributed by atoms with Crippen LogP contribution in [0, 0.1) is 0 Å². The first-order valence-corrected chi connectivity index (χ1v) is 6.10. The van der Waals surface area contributed by atoms with Crippen molar-refractivity contribution in [1.29, 1.82) is 0 Å². The number of esters is 1. The van der Waals surface area contributed by atoms with Gasteiger partial charge in [-0.3, -0.25) is 0 Å². The number of hydrogen-bond acceptors (Lipinski definition) is 4. The molecular weight excluding hydrogens is 254 g/mol. The molecule has 0 aromatic heterocycles. The van der Waals surface area contributed by atoms with Gasteiger partial charge in [0.2, 0.25) is 10.0 Å². The maximum Gasteiger partial charge on any atom is 0.339 e.